The Morgan fingerprint density at radius 1 is 0.967 bits per heavy atom. The minimum Gasteiger partial charge on any atom is -0.349 e. The Morgan fingerprint density at radius 3 is 2.20 bits per heavy atom. The van der Waals surface area contributed by atoms with Crippen molar-refractivity contribution in [3.63, 3.8) is 0 Å². The third kappa shape index (κ3) is 3.33. The van der Waals surface area contributed by atoms with E-state index >= 15 is 0 Å². The van der Waals surface area contributed by atoms with Gasteiger partial charge in [0.1, 0.15) is 5.69 Å². The van der Waals surface area contributed by atoms with Crippen LogP contribution in [-0.4, -0.2) is 45.8 Å². The van der Waals surface area contributed by atoms with Crippen LogP contribution in [0, 0.1) is 6.92 Å². The molecule has 5 rings (SSSR count). The van der Waals surface area contributed by atoms with Crippen LogP contribution < -0.4 is 5.32 Å². The van der Waals surface area contributed by atoms with Gasteiger partial charge in [0.25, 0.3) is 5.91 Å². The molecule has 30 heavy (non-hydrogen) atoms. The van der Waals surface area contributed by atoms with Crippen LogP contribution in [0.4, 0.5) is 0 Å². The van der Waals surface area contributed by atoms with Crippen molar-refractivity contribution in [3.05, 3.63) is 71.9 Å². The van der Waals surface area contributed by atoms with Crippen LogP contribution in [0.25, 0.3) is 16.9 Å². The first-order chi connectivity index (χ1) is 14.6. The molecule has 0 saturated carbocycles. The molecule has 0 radical (unpaired) electrons. The summed E-state index contributed by atoms with van der Waals surface area (Å²) in [5.74, 6) is -0.0116. The van der Waals surface area contributed by atoms with Crippen molar-refractivity contribution >= 4 is 5.91 Å². The quantitative estimate of drug-likeness (QED) is 0.714. The fourth-order valence-electron chi connectivity index (χ4n) is 5.18. The van der Waals surface area contributed by atoms with Gasteiger partial charge in [-0.25, -0.2) is 4.68 Å². The maximum absolute atomic E-state index is 13.5. The normalized spacial score (nSPS) is 23.5. The van der Waals surface area contributed by atoms with Crippen LogP contribution >= 0.6 is 0 Å². The fraction of sp³-hybridized carbons (Fsp3) is 0.360. The highest BCUT2D eigenvalue weighted by Crippen LogP contribution is 2.35. The Hall–Kier alpha value is -2.92. The Bertz CT molecular complexity index is 1030. The number of carbonyl (C=O) groups is 1. The lowest BCUT2D eigenvalue weighted by atomic mass is 9.97. The zero-order chi connectivity index (χ0) is 20.7. The Kier molecular flexibility index (Phi) is 4.91. The molecule has 1 aromatic heterocycles. The van der Waals surface area contributed by atoms with Gasteiger partial charge in [-0.15, -0.1) is 0 Å². The number of carbonyl (C=O) groups excluding carboxylic acids is 1. The van der Waals surface area contributed by atoms with Crippen LogP contribution in [-0.2, 0) is 0 Å². The zero-order valence-electron chi connectivity index (χ0n) is 17.6. The molecule has 1 amide bonds. The molecule has 2 aliphatic heterocycles. The van der Waals surface area contributed by atoms with E-state index in [-0.39, 0.29) is 11.9 Å². The van der Waals surface area contributed by atoms with Gasteiger partial charge >= 0.3 is 0 Å². The van der Waals surface area contributed by atoms with E-state index in [0.29, 0.717) is 17.6 Å². The summed E-state index contributed by atoms with van der Waals surface area (Å²) < 4.78 is 1.88. The Morgan fingerprint density at radius 2 is 1.57 bits per heavy atom. The number of hydrogen-bond donors (Lipinski definition) is 1. The number of para-hydroxylation sites is 1. The van der Waals surface area contributed by atoms with Crippen LogP contribution in [0.2, 0.25) is 0 Å². The summed E-state index contributed by atoms with van der Waals surface area (Å²) in [7, 11) is 2.22. The van der Waals surface area contributed by atoms with Gasteiger partial charge in [-0.05, 0) is 51.8 Å². The zero-order valence-corrected chi connectivity index (χ0v) is 17.6. The second-order valence-corrected chi connectivity index (χ2v) is 8.61. The maximum atomic E-state index is 13.5. The lowest BCUT2D eigenvalue weighted by Crippen LogP contribution is -2.48. The van der Waals surface area contributed by atoms with Crippen molar-refractivity contribution in [1.82, 2.24) is 20.0 Å². The Balaban J connectivity index is 1.50. The lowest BCUT2D eigenvalue weighted by Gasteiger charge is -2.36. The molecule has 5 nitrogen and oxygen atoms in total. The second kappa shape index (κ2) is 7.73. The van der Waals surface area contributed by atoms with Crippen LogP contribution in [0.5, 0.6) is 0 Å². The molecule has 154 valence electrons. The third-order valence-electron chi connectivity index (χ3n) is 6.82. The number of hydrogen-bond acceptors (Lipinski definition) is 3. The molecular weight excluding hydrogens is 372 g/mol. The van der Waals surface area contributed by atoms with Gasteiger partial charge in [0.15, 0.2) is 0 Å². The molecule has 0 spiro atoms. The van der Waals surface area contributed by atoms with E-state index in [4.69, 9.17) is 5.10 Å². The summed E-state index contributed by atoms with van der Waals surface area (Å²) in [6.45, 7) is 1.99. The van der Waals surface area contributed by atoms with Gasteiger partial charge in [0, 0.05) is 23.7 Å². The van der Waals surface area contributed by atoms with E-state index < -0.39 is 0 Å². The maximum Gasteiger partial charge on any atom is 0.255 e. The van der Waals surface area contributed by atoms with E-state index in [1.165, 1.54) is 12.8 Å². The molecule has 2 aromatic carbocycles. The van der Waals surface area contributed by atoms with Gasteiger partial charge in [0.05, 0.1) is 16.9 Å². The number of rotatable bonds is 4. The molecule has 5 heteroatoms. The number of nitrogens with zero attached hydrogens (tertiary/aromatic N) is 3. The Labute approximate surface area is 177 Å². The van der Waals surface area contributed by atoms with Crippen LogP contribution in [0.15, 0.2) is 60.7 Å². The van der Waals surface area contributed by atoms with E-state index in [2.05, 4.69) is 17.3 Å². The average molecular weight is 401 g/mol. The number of aromatic nitrogens is 2. The van der Waals surface area contributed by atoms with Crippen molar-refractivity contribution in [3.8, 4) is 16.9 Å². The minimum atomic E-state index is -0.0116. The molecular formula is C25H28N4O. The van der Waals surface area contributed by atoms with Gasteiger partial charge in [-0.1, -0.05) is 48.5 Å². The molecule has 3 aromatic rings. The molecule has 2 fully saturated rings. The molecule has 2 unspecified atom stereocenters. The first-order valence-electron chi connectivity index (χ1n) is 10.8. The fourth-order valence-corrected chi connectivity index (χ4v) is 5.18. The highest BCUT2D eigenvalue weighted by atomic mass is 16.1. The largest absolute Gasteiger partial charge is 0.349 e. The lowest BCUT2D eigenvalue weighted by molar-refractivity contribution is 0.0882. The first-order valence-corrected chi connectivity index (χ1v) is 10.8. The monoisotopic (exact) mass is 400 g/mol. The van der Waals surface area contributed by atoms with Gasteiger partial charge in [0.2, 0.25) is 0 Å². The molecule has 2 bridgehead atoms. The molecule has 3 heterocycles. The van der Waals surface area contributed by atoms with Crippen LogP contribution in [0.1, 0.15) is 41.7 Å². The summed E-state index contributed by atoms with van der Waals surface area (Å²) in [5.41, 5.74) is 4.21. The summed E-state index contributed by atoms with van der Waals surface area (Å²) in [5, 5.41) is 8.22. The number of nitrogens with one attached hydrogen (secondary N) is 1. The first kappa shape index (κ1) is 19.1. The van der Waals surface area contributed by atoms with E-state index in [1.807, 2.05) is 72.3 Å². The number of amides is 1. The highest BCUT2D eigenvalue weighted by molar-refractivity contribution is 6.01. The SMILES string of the molecule is Cc1c(C(=O)NC2CC3CCC(C2)N3C)c(-c2ccccc2)nn1-c1ccccc1. The number of benzene rings is 2. The highest BCUT2D eigenvalue weighted by Gasteiger charge is 2.39. The molecule has 2 atom stereocenters. The topological polar surface area (TPSA) is 50.2 Å². The van der Waals surface area contributed by atoms with E-state index in [0.717, 1.165) is 35.5 Å². The summed E-state index contributed by atoms with van der Waals surface area (Å²) in [6.07, 6.45) is 4.55. The number of fused-ring (bicyclic) bond motifs is 2. The average Bonchev–Trinajstić information content (AvgIpc) is 3.20. The van der Waals surface area contributed by atoms with Crippen molar-refractivity contribution in [2.45, 2.75) is 50.7 Å². The number of piperidine rings is 1. The van der Waals surface area contributed by atoms with Crippen molar-refractivity contribution in [2.75, 3.05) is 7.05 Å². The van der Waals surface area contributed by atoms with E-state index in [9.17, 15) is 4.79 Å². The molecule has 2 saturated heterocycles. The van der Waals surface area contributed by atoms with Gasteiger partial charge in [-0.2, -0.15) is 5.10 Å². The van der Waals surface area contributed by atoms with Crippen molar-refractivity contribution < 1.29 is 4.79 Å². The van der Waals surface area contributed by atoms with Crippen LogP contribution in [0.3, 0.4) is 0 Å². The molecule has 0 aliphatic carbocycles. The minimum absolute atomic E-state index is 0.0116. The predicted octanol–water partition coefficient (Wildman–Crippen LogP) is 4.20. The summed E-state index contributed by atoms with van der Waals surface area (Å²) in [6, 6.07) is 21.4. The van der Waals surface area contributed by atoms with Crippen molar-refractivity contribution in [2.24, 2.45) is 0 Å². The smallest absolute Gasteiger partial charge is 0.255 e. The predicted molar refractivity (Wildman–Crippen MR) is 119 cm³/mol. The summed E-state index contributed by atoms with van der Waals surface area (Å²) in [4.78, 5) is 16.0. The van der Waals surface area contributed by atoms with Gasteiger partial charge in [-0.3, -0.25) is 4.79 Å². The molecule has 2 aliphatic rings. The van der Waals surface area contributed by atoms with Crippen molar-refractivity contribution in [1.29, 1.82) is 0 Å². The second-order valence-electron chi connectivity index (χ2n) is 8.61. The third-order valence-corrected chi connectivity index (χ3v) is 6.82. The summed E-state index contributed by atoms with van der Waals surface area (Å²) >= 11 is 0. The van der Waals surface area contributed by atoms with E-state index in [1.54, 1.807) is 0 Å². The van der Waals surface area contributed by atoms with Gasteiger partial charge < -0.3 is 10.2 Å². The standard InChI is InChI=1S/C25H28N4O/c1-17-23(25(30)26-19-15-21-13-14-22(16-19)28(21)2)24(18-9-5-3-6-10-18)27-29(17)20-11-7-4-8-12-20/h3-12,19,21-22H,13-16H2,1-2H3,(H,26,30). The molecule has 1 N–H and O–H groups in total.